The molecule has 42 heavy (non-hydrogen) atoms. The van der Waals surface area contributed by atoms with Gasteiger partial charge in [0.1, 0.15) is 0 Å². The Hall–Kier alpha value is -5.17. The molecular formula is C38H22IN3. The summed E-state index contributed by atoms with van der Waals surface area (Å²) in [7, 11) is 0. The van der Waals surface area contributed by atoms with Crippen LogP contribution in [0.5, 0.6) is 0 Å². The van der Waals surface area contributed by atoms with Crippen LogP contribution in [-0.2, 0) is 0 Å². The number of aromatic nitrogens is 1. The van der Waals surface area contributed by atoms with E-state index in [1.807, 2.05) is 36.4 Å². The summed E-state index contributed by atoms with van der Waals surface area (Å²) in [5.74, 6) is 0. The van der Waals surface area contributed by atoms with Gasteiger partial charge in [0.05, 0.1) is 11.6 Å². The number of hydrogen-bond acceptors (Lipinski definition) is 2. The molecule has 0 N–H and O–H groups in total. The second-order valence-corrected chi connectivity index (χ2v) is 15.5. The topological polar surface area (TPSA) is 52.5 Å². The summed E-state index contributed by atoms with van der Waals surface area (Å²) in [5.41, 5.74) is 9.76. The van der Waals surface area contributed by atoms with Crippen molar-refractivity contribution in [1.82, 2.24) is 4.57 Å². The average Bonchev–Trinajstić information content (AvgIpc) is 3.57. The van der Waals surface area contributed by atoms with Gasteiger partial charge < -0.3 is 0 Å². The van der Waals surface area contributed by atoms with E-state index in [2.05, 4.69) is 114 Å². The van der Waals surface area contributed by atoms with Gasteiger partial charge in [-0.2, -0.15) is 5.26 Å². The Labute approximate surface area is 250 Å². The van der Waals surface area contributed by atoms with Gasteiger partial charge in [-0.3, -0.25) is 0 Å². The molecule has 0 fully saturated rings. The molecule has 196 valence electrons. The molecule has 8 rings (SSSR count). The third-order valence-corrected chi connectivity index (χ3v) is 14.2. The van der Waals surface area contributed by atoms with E-state index in [4.69, 9.17) is 0 Å². The number of rotatable bonds is 3. The molecule has 1 aliphatic rings. The van der Waals surface area contributed by atoms with Crippen molar-refractivity contribution < 1.29 is 0 Å². The van der Waals surface area contributed by atoms with Gasteiger partial charge in [0.25, 0.3) is 0 Å². The van der Waals surface area contributed by atoms with Crippen molar-refractivity contribution >= 4 is 41.6 Å². The van der Waals surface area contributed by atoms with Crippen molar-refractivity contribution in [2.24, 2.45) is 0 Å². The third-order valence-electron chi connectivity index (χ3n) is 7.99. The Balaban J connectivity index is 1.27. The summed E-state index contributed by atoms with van der Waals surface area (Å²) in [4.78, 5) is 0. The Bertz CT molecular complexity index is 2260. The van der Waals surface area contributed by atoms with Crippen LogP contribution >= 0.6 is 19.8 Å². The number of hydrogen-bond donors (Lipinski definition) is 0. The zero-order chi connectivity index (χ0) is 28.2. The molecular weight excluding hydrogens is 625 g/mol. The van der Waals surface area contributed by atoms with Crippen LogP contribution in [0.1, 0.15) is 11.1 Å². The summed E-state index contributed by atoms with van der Waals surface area (Å²) in [5, 5.41) is 21.0. The molecule has 0 radical (unpaired) electrons. The maximum atomic E-state index is 9.30. The van der Waals surface area contributed by atoms with Crippen LogP contribution in [0.3, 0.4) is 0 Å². The van der Waals surface area contributed by atoms with Crippen molar-refractivity contribution in [3.05, 3.63) is 155 Å². The molecule has 4 heteroatoms. The predicted molar refractivity (Wildman–Crippen MR) is 178 cm³/mol. The van der Waals surface area contributed by atoms with E-state index >= 15 is 0 Å². The molecule has 0 aliphatic carbocycles. The van der Waals surface area contributed by atoms with Gasteiger partial charge in [-0.1, -0.05) is 0 Å². The van der Waals surface area contributed by atoms with E-state index in [1.54, 1.807) is 0 Å². The molecule has 1 aromatic heterocycles. The molecule has 0 bridgehead atoms. The Morgan fingerprint density at radius 3 is 1.90 bits per heavy atom. The molecule has 6 aromatic carbocycles. The normalized spacial score (nSPS) is 12.6. The fourth-order valence-corrected chi connectivity index (χ4v) is 12.3. The zero-order valence-electron chi connectivity index (χ0n) is 22.4. The monoisotopic (exact) mass is 647 g/mol. The number of halogens is 1. The van der Waals surface area contributed by atoms with Crippen molar-refractivity contribution in [2.75, 3.05) is 0 Å². The Morgan fingerprint density at radius 1 is 0.500 bits per heavy atom. The second-order valence-electron chi connectivity index (χ2n) is 10.3. The third kappa shape index (κ3) is 3.77. The van der Waals surface area contributed by atoms with Crippen LogP contribution in [0.2, 0.25) is 0 Å². The molecule has 0 saturated carbocycles. The van der Waals surface area contributed by atoms with Gasteiger partial charge in [-0.05, 0) is 0 Å². The van der Waals surface area contributed by atoms with Crippen LogP contribution in [0.15, 0.2) is 133 Å². The minimum atomic E-state index is -1.85. The van der Waals surface area contributed by atoms with Gasteiger partial charge >= 0.3 is 235 Å². The number of nitrogens with zero attached hydrogens (tertiary/aromatic N) is 3. The van der Waals surface area contributed by atoms with Gasteiger partial charge in [0.15, 0.2) is 0 Å². The summed E-state index contributed by atoms with van der Waals surface area (Å²) < 4.78 is 6.55. The molecule has 0 amide bonds. The number of nitriles is 2. The van der Waals surface area contributed by atoms with E-state index in [-0.39, 0.29) is 0 Å². The standard InChI is InChI=1S/C38H22IN3/c40-23-25-9-15-29(16-10-25)39-35-7-3-1-5-31(35)33-21-27(13-19-36(33)39)28-14-20-38-34(22-28)32-6-2-4-8-37(32)42(38)30-17-11-26(24-41)12-18-30/h1-22H. The molecule has 3 nitrogen and oxygen atoms in total. The number of benzene rings is 6. The zero-order valence-corrected chi connectivity index (χ0v) is 24.6. The summed E-state index contributed by atoms with van der Waals surface area (Å²) in [6.45, 7) is 0. The average molecular weight is 648 g/mol. The van der Waals surface area contributed by atoms with Gasteiger partial charge in [0, 0.05) is 0 Å². The Kier molecular flexibility index (Phi) is 5.70. The molecule has 2 heterocycles. The molecule has 1 aliphatic heterocycles. The fraction of sp³-hybridized carbons (Fsp3) is 0. The van der Waals surface area contributed by atoms with Crippen LogP contribution in [0, 0.1) is 33.4 Å². The first-order chi connectivity index (χ1) is 20.7. The molecule has 0 saturated heterocycles. The van der Waals surface area contributed by atoms with Crippen molar-refractivity contribution in [3.8, 4) is 40.1 Å². The molecule has 0 spiro atoms. The fourth-order valence-electron chi connectivity index (χ4n) is 6.03. The summed E-state index contributed by atoms with van der Waals surface area (Å²) in [6, 6.07) is 51.6. The van der Waals surface area contributed by atoms with Crippen LogP contribution in [-0.4, -0.2) is 4.57 Å². The molecule has 7 aromatic rings. The van der Waals surface area contributed by atoms with Crippen LogP contribution in [0.25, 0.3) is 49.7 Å². The first kappa shape index (κ1) is 24.6. The number of fused-ring (bicyclic) bond motifs is 6. The quantitative estimate of drug-likeness (QED) is 0.179. The van der Waals surface area contributed by atoms with E-state index in [0.29, 0.717) is 11.1 Å². The van der Waals surface area contributed by atoms with Crippen molar-refractivity contribution in [1.29, 1.82) is 10.5 Å². The summed E-state index contributed by atoms with van der Waals surface area (Å²) in [6.07, 6.45) is 0. The van der Waals surface area contributed by atoms with E-state index in [1.165, 1.54) is 43.7 Å². The SMILES string of the molecule is N#Cc1ccc(-n2c3ccccc3c3cc(-c4ccc5c(c4)-c4ccccc4I5c4ccc(C#N)cc4)ccc32)cc1. The van der Waals surface area contributed by atoms with Gasteiger partial charge in [-0.15, -0.1) is 0 Å². The maximum absolute atomic E-state index is 9.30. The molecule has 0 unspecified atom stereocenters. The van der Waals surface area contributed by atoms with E-state index < -0.39 is 19.8 Å². The first-order valence-corrected chi connectivity index (χ1v) is 16.9. The second kappa shape index (κ2) is 9.73. The van der Waals surface area contributed by atoms with Crippen molar-refractivity contribution in [2.45, 2.75) is 0 Å². The molecule has 0 atom stereocenters. The van der Waals surface area contributed by atoms with E-state index in [9.17, 15) is 10.5 Å². The van der Waals surface area contributed by atoms with Gasteiger partial charge in [0.2, 0.25) is 0 Å². The van der Waals surface area contributed by atoms with Crippen LogP contribution < -0.4 is 0 Å². The van der Waals surface area contributed by atoms with Crippen LogP contribution in [0.4, 0.5) is 0 Å². The Morgan fingerprint density at radius 2 is 1.12 bits per heavy atom. The summed E-state index contributed by atoms with van der Waals surface area (Å²) >= 11 is -1.85. The predicted octanol–water partition coefficient (Wildman–Crippen LogP) is 9.59. The minimum absolute atomic E-state index is 0.657. The first-order valence-electron chi connectivity index (χ1n) is 13.7. The number of para-hydroxylation sites is 1. The van der Waals surface area contributed by atoms with Gasteiger partial charge in [-0.25, -0.2) is 0 Å². The van der Waals surface area contributed by atoms with Crippen molar-refractivity contribution in [3.63, 3.8) is 0 Å². The van der Waals surface area contributed by atoms with E-state index in [0.717, 1.165) is 16.7 Å².